The van der Waals surface area contributed by atoms with Gasteiger partial charge in [0.15, 0.2) is 0 Å². The van der Waals surface area contributed by atoms with E-state index in [2.05, 4.69) is 4.98 Å². The number of hydrogen-bond donors (Lipinski definition) is 2. The lowest BCUT2D eigenvalue weighted by atomic mass is 10.2. The summed E-state index contributed by atoms with van der Waals surface area (Å²) in [6.07, 6.45) is 2.35. The van der Waals surface area contributed by atoms with Crippen molar-refractivity contribution in [3.63, 3.8) is 0 Å². The predicted molar refractivity (Wildman–Crippen MR) is 36.3 cm³/mol. The maximum atomic E-state index is 9.04. The van der Waals surface area contributed by atoms with Gasteiger partial charge >= 0.3 is 0 Å². The van der Waals surface area contributed by atoms with E-state index in [0.29, 0.717) is 5.56 Å². The van der Waals surface area contributed by atoms with Crippen molar-refractivity contribution >= 4 is 0 Å². The van der Waals surface area contributed by atoms with E-state index in [9.17, 15) is 0 Å². The molecule has 0 aromatic carbocycles. The first-order valence-electron chi connectivity index (χ1n) is 3.03. The van der Waals surface area contributed by atoms with E-state index in [0.717, 1.165) is 0 Å². The zero-order valence-corrected chi connectivity index (χ0v) is 5.44. The molecule has 0 unspecified atom stereocenters. The third-order valence-corrected chi connectivity index (χ3v) is 1.24. The Balaban J connectivity index is 2.75. The van der Waals surface area contributed by atoms with Crippen molar-refractivity contribution in [2.24, 2.45) is 0 Å². The SMILES string of the molecule is OC[C@H](O)c1cccnc1. The second-order valence-corrected chi connectivity index (χ2v) is 1.98. The summed E-state index contributed by atoms with van der Waals surface area (Å²) in [4.78, 5) is 3.78. The number of aliphatic hydroxyl groups excluding tert-OH is 2. The van der Waals surface area contributed by atoms with Crippen molar-refractivity contribution in [1.82, 2.24) is 4.98 Å². The van der Waals surface area contributed by atoms with Gasteiger partial charge in [0, 0.05) is 18.0 Å². The van der Waals surface area contributed by atoms with Gasteiger partial charge in [-0.15, -0.1) is 0 Å². The summed E-state index contributed by atoms with van der Waals surface area (Å²) in [5.74, 6) is 0. The highest BCUT2D eigenvalue weighted by atomic mass is 16.3. The minimum Gasteiger partial charge on any atom is -0.393 e. The molecule has 54 valence electrons. The van der Waals surface area contributed by atoms with E-state index in [-0.39, 0.29) is 6.61 Å². The molecule has 0 spiro atoms. The fraction of sp³-hybridized carbons (Fsp3) is 0.286. The van der Waals surface area contributed by atoms with Crippen molar-refractivity contribution in [3.8, 4) is 0 Å². The van der Waals surface area contributed by atoms with Gasteiger partial charge in [0.05, 0.1) is 6.61 Å². The van der Waals surface area contributed by atoms with E-state index >= 15 is 0 Å². The van der Waals surface area contributed by atoms with E-state index < -0.39 is 6.10 Å². The van der Waals surface area contributed by atoms with Crippen LogP contribution in [0.5, 0.6) is 0 Å². The van der Waals surface area contributed by atoms with Crippen molar-refractivity contribution in [2.45, 2.75) is 6.10 Å². The van der Waals surface area contributed by atoms with Gasteiger partial charge in [-0.05, 0) is 6.07 Å². The molecule has 10 heavy (non-hydrogen) atoms. The summed E-state index contributed by atoms with van der Waals surface area (Å²) in [7, 11) is 0. The molecule has 1 atom stereocenters. The molecular weight excluding hydrogens is 130 g/mol. The van der Waals surface area contributed by atoms with Crippen LogP contribution < -0.4 is 0 Å². The molecule has 0 saturated carbocycles. The van der Waals surface area contributed by atoms with Crippen molar-refractivity contribution in [3.05, 3.63) is 30.1 Å². The van der Waals surface area contributed by atoms with Crippen LogP contribution in [0.15, 0.2) is 24.5 Å². The topological polar surface area (TPSA) is 53.4 Å². The lowest BCUT2D eigenvalue weighted by Gasteiger charge is -2.04. The van der Waals surface area contributed by atoms with Gasteiger partial charge < -0.3 is 10.2 Å². The summed E-state index contributed by atoms with van der Waals surface area (Å²) in [5.41, 5.74) is 0.644. The molecule has 0 aliphatic rings. The van der Waals surface area contributed by atoms with Gasteiger partial charge in [-0.1, -0.05) is 6.07 Å². The fourth-order valence-electron chi connectivity index (χ4n) is 0.678. The Morgan fingerprint density at radius 2 is 2.40 bits per heavy atom. The first kappa shape index (κ1) is 7.18. The number of rotatable bonds is 2. The largest absolute Gasteiger partial charge is 0.393 e. The molecule has 1 aromatic heterocycles. The van der Waals surface area contributed by atoms with Gasteiger partial charge in [0.25, 0.3) is 0 Å². The molecule has 1 heterocycles. The molecule has 3 heteroatoms. The van der Waals surface area contributed by atoms with Gasteiger partial charge in [0.2, 0.25) is 0 Å². The van der Waals surface area contributed by atoms with E-state index in [4.69, 9.17) is 10.2 Å². The van der Waals surface area contributed by atoms with Gasteiger partial charge in [-0.2, -0.15) is 0 Å². The zero-order valence-electron chi connectivity index (χ0n) is 5.44. The molecule has 0 saturated heterocycles. The summed E-state index contributed by atoms with van der Waals surface area (Å²) in [5, 5.41) is 17.5. The van der Waals surface area contributed by atoms with E-state index in [1.165, 1.54) is 6.20 Å². The molecule has 0 fully saturated rings. The van der Waals surface area contributed by atoms with Gasteiger partial charge in [0.1, 0.15) is 6.10 Å². The summed E-state index contributed by atoms with van der Waals surface area (Å²) < 4.78 is 0. The minimum atomic E-state index is -0.798. The highest BCUT2D eigenvalue weighted by Crippen LogP contribution is 2.08. The Bertz CT molecular complexity index is 188. The Hall–Kier alpha value is -0.930. The molecule has 3 nitrogen and oxygen atoms in total. The molecule has 0 bridgehead atoms. The van der Waals surface area contributed by atoms with Crippen LogP contribution >= 0.6 is 0 Å². The van der Waals surface area contributed by atoms with Gasteiger partial charge in [-0.3, -0.25) is 4.98 Å². The number of nitrogens with zero attached hydrogens (tertiary/aromatic N) is 1. The smallest absolute Gasteiger partial charge is 0.104 e. The zero-order chi connectivity index (χ0) is 7.40. The first-order chi connectivity index (χ1) is 4.84. The lowest BCUT2D eigenvalue weighted by Crippen LogP contribution is -2.01. The van der Waals surface area contributed by atoms with Crippen LogP contribution in [-0.2, 0) is 0 Å². The maximum Gasteiger partial charge on any atom is 0.104 e. The molecular formula is C7H9NO2. The van der Waals surface area contributed by atoms with Crippen molar-refractivity contribution in [1.29, 1.82) is 0 Å². The van der Waals surface area contributed by atoms with Crippen LogP contribution in [0.25, 0.3) is 0 Å². The van der Waals surface area contributed by atoms with E-state index in [1.807, 2.05) is 0 Å². The van der Waals surface area contributed by atoms with Crippen LogP contribution in [0.1, 0.15) is 11.7 Å². The van der Waals surface area contributed by atoms with Crippen molar-refractivity contribution < 1.29 is 10.2 Å². The standard InChI is InChI=1S/C7H9NO2/c9-5-7(10)6-2-1-3-8-4-6/h1-4,7,9-10H,5H2/t7-/m0/s1. The van der Waals surface area contributed by atoms with E-state index in [1.54, 1.807) is 18.3 Å². The third kappa shape index (κ3) is 1.52. The monoisotopic (exact) mass is 139 g/mol. The molecule has 2 N–H and O–H groups in total. The molecule has 0 amide bonds. The second kappa shape index (κ2) is 3.29. The van der Waals surface area contributed by atoms with Gasteiger partial charge in [-0.25, -0.2) is 0 Å². The number of pyridine rings is 1. The molecule has 0 aliphatic carbocycles. The summed E-state index contributed by atoms with van der Waals surface area (Å²) in [6.45, 7) is -0.258. The Morgan fingerprint density at radius 1 is 1.60 bits per heavy atom. The average molecular weight is 139 g/mol. The van der Waals surface area contributed by atoms with Crippen molar-refractivity contribution in [2.75, 3.05) is 6.61 Å². The second-order valence-electron chi connectivity index (χ2n) is 1.98. The number of hydrogen-bond acceptors (Lipinski definition) is 3. The number of aliphatic hydroxyl groups is 2. The van der Waals surface area contributed by atoms with Crippen LogP contribution in [-0.4, -0.2) is 21.8 Å². The molecule has 1 rings (SSSR count). The Kier molecular flexibility index (Phi) is 2.36. The maximum absolute atomic E-state index is 9.04. The summed E-state index contributed by atoms with van der Waals surface area (Å²) >= 11 is 0. The third-order valence-electron chi connectivity index (χ3n) is 1.24. The van der Waals surface area contributed by atoms with Crippen LogP contribution in [0.3, 0.4) is 0 Å². The predicted octanol–water partition coefficient (Wildman–Crippen LogP) is 0.107. The van der Waals surface area contributed by atoms with Crippen LogP contribution in [0.2, 0.25) is 0 Å². The Morgan fingerprint density at radius 3 is 2.90 bits per heavy atom. The average Bonchev–Trinajstić information content (AvgIpc) is 2.05. The van der Waals surface area contributed by atoms with Crippen LogP contribution in [0.4, 0.5) is 0 Å². The molecule has 0 aliphatic heterocycles. The highest BCUT2D eigenvalue weighted by Gasteiger charge is 2.02. The quantitative estimate of drug-likeness (QED) is 0.611. The molecule has 1 aromatic rings. The minimum absolute atomic E-state index is 0.258. The number of aromatic nitrogens is 1. The molecule has 0 radical (unpaired) electrons. The summed E-state index contributed by atoms with van der Waals surface area (Å²) in [6, 6.07) is 3.43. The lowest BCUT2D eigenvalue weighted by molar-refractivity contribution is 0.0953. The fourth-order valence-corrected chi connectivity index (χ4v) is 0.678. The highest BCUT2D eigenvalue weighted by molar-refractivity contribution is 5.11. The normalized spacial score (nSPS) is 13.0. The van der Waals surface area contributed by atoms with Crippen LogP contribution in [0, 0.1) is 0 Å². The first-order valence-corrected chi connectivity index (χ1v) is 3.03. The Labute approximate surface area is 59.0 Å².